The van der Waals surface area contributed by atoms with Crippen molar-refractivity contribution in [2.45, 2.75) is 13.5 Å². The van der Waals surface area contributed by atoms with Crippen LogP contribution in [0.1, 0.15) is 16.7 Å². The van der Waals surface area contributed by atoms with Crippen LogP contribution in [0.5, 0.6) is 0 Å². The van der Waals surface area contributed by atoms with Gasteiger partial charge >= 0.3 is 5.97 Å². The number of nitrogens with zero attached hydrogens (tertiary/aromatic N) is 1. The summed E-state index contributed by atoms with van der Waals surface area (Å²) in [6.45, 7) is 5.82. The van der Waals surface area contributed by atoms with Crippen LogP contribution in [0.4, 0.5) is 4.39 Å². The molecule has 6 heteroatoms. The van der Waals surface area contributed by atoms with Gasteiger partial charge < -0.3 is 9.67 Å². The van der Waals surface area contributed by atoms with E-state index in [-0.39, 0.29) is 11.1 Å². The third-order valence-electron chi connectivity index (χ3n) is 4.08. The first kappa shape index (κ1) is 17.5. The zero-order valence-electron chi connectivity index (χ0n) is 13.3. The van der Waals surface area contributed by atoms with Crippen LogP contribution in [-0.4, -0.2) is 15.6 Å². The van der Waals surface area contributed by atoms with Gasteiger partial charge in [-0.05, 0) is 42.3 Å². The predicted molar refractivity (Wildman–Crippen MR) is 98.9 cm³/mol. The van der Waals surface area contributed by atoms with Gasteiger partial charge in [0.05, 0.1) is 11.1 Å². The number of hydrogen-bond donors (Lipinski definition) is 1. The molecule has 0 saturated carbocycles. The smallest absolute Gasteiger partial charge is 0.335 e. The van der Waals surface area contributed by atoms with E-state index in [1.54, 1.807) is 18.2 Å². The summed E-state index contributed by atoms with van der Waals surface area (Å²) in [5, 5.41) is 11.0. The number of rotatable bonds is 4. The molecule has 25 heavy (non-hydrogen) atoms. The van der Waals surface area contributed by atoms with Crippen LogP contribution in [0.15, 0.2) is 43.1 Å². The molecule has 0 unspecified atom stereocenters. The molecular formula is C19H14Cl2FNO2. The molecule has 3 rings (SSSR count). The molecule has 0 aliphatic rings. The molecule has 128 valence electrons. The average Bonchev–Trinajstić information content (AvgIpc) is 2.84. The van der Waals surface area contributed by atoms with Crippen LogP contribution in [0.2, 0.25) is 10.0 Å². The molecule has 3 nitrogen and oxygen atoms in total. The lowest BCUT2D eigenvalue weighted by Gasteiger charge is -2.12. The molecular weight excluding hydrogens is 364 g/mol. The van der Waals surface area contributed by atoms with Crippen molar-refractivity contribution in [3.8, 4) is 0 Å². The van der Waals surface area contributed by atoms with Gasteiger partial charge in [-0.1, -0.05) is 35.8 Å². The Bertz CT molecular complexity index is 1020. The fourth-order valence-electron chi connectivity index (χ4n) is 2.88. The minimum atomic E-state index is -1.19. The van der Waals surface area contributed by atoms with Crippen LogP contribution < -0.4 is 0 Å². The zero-order chi connectivity index (χ0) is 18.3. The molecule has 0 amide bonds. The van der Waals surface area contributed by atoms with Crippen molar-refractivity contribution in [1.29, 1.82) is 0 Å². The van der Waals surface area contributed by atoms with Gasteiger partial charge in [0, 0.05) is 33.7 Å². The Morgan fingerprint density at radius 1 is 1.28 bits per heavy atom. The Morgan fingerprint density at radius 2 is 2.00 bits per heavy atom. The SMILES string of the molecule is C=C(C(=O)O)c1cc(F)cc2c(C)cn(Cc3ccc(Cl)cc3Cl)c12. The monoisotopic (exact) mass is 377 g/mol. The van der Waals surface area contributed by atoms with E-state index < -0.39 is 11.8 Å². The summed E-state index contributed by atoms with van der Waals surface area (Å²) < 4.78 is 15.8. The highest BCUT2D eigenvalue weighted by Gasteiger charge is 2.18. The summed E-state index contributed by atoms with van der Waals surface area (Å²) in [5.41, 5.74) is 2.35. The van der Waals surface area contributed by atoms with Crippen molar-refractivity contribution >= 4 is 45.6 Å². The van der Waals surface area contributed by atoms with Crippen LogP contribution >= 0.6 is 23.2 Å². The van der Waals surface area contributed by atoms with Gasteiger partial charge in [-0.2, -0.15) is 0 Å². The first-order chi connectivity index (χ1) is 11.8. The molecule has 1 heterocycles. The van der Waals surface area contributed by atoms with Crippen molar-refractivity contribution < 1.29 is 14.3 Å². The Hall–Kier alpha value is -2.30. The molecule has 0 atom stereocenters. The third-order valence-corrected chi connectivity index (χ3v) is 4.66. The van der Waals surface area contributed by atoms with Crippen molar-refractivity contribution in [2.24, 2.45) is 0 Å². The number of benzene rings is 2. The minimum Gasteiger partial charge on any atom is -0.478 e. The number of aromatic nitrogens is 1. The lowest BCUT2D eigenvalue weighted by Crippen LogP contribution is -2.04. The largest absolute Gasteiger partial charge is 0.478 e. The molecule has 0 spiro atoms. The normalized spacial score (nSPS) is 11.0. The van der Waals surface area contributed by atoms with Gasteiger partial charge in [0.2, 0.25) is 0 Å². The van der Waals surface area contributed by atoms with Crippen LogP contribution in [0.25, 0.3) is 16.5 Å². The van der Waals surface area contributed by atoms with Gasteiger partial charge in [0.1, 0.15) is 5.82 Å². The number of halogens is 3. The second-order valence-corrected chi connectivity index (χ2v) is 6.65. The zero-order valence-corrected chi connectivity index (χ0v) is 14.8. The second kappa shape index (κ2) is 6.54. The molecule has 0 bridgehead atoms. The number of carboxylic acids is 1. The fraction of sp³-hybridized carbons (Fsp3) is 0.105. The summed E-state index contributed by atoms with van der Waals surface area (Å²) in [6, 6.07) is 7.77. The minimum absolute atomic E-state index is 0.161. The third kappa shape index (κ3) is 3.28. The number of carboxylic acid groups (broad SMARTS) is 1. The number of carbonyl (C=O) groups is 1. The summed E-state index contributed by atoms with van der Waals surface area (Å²) in [5.74, 6) is -1.70. The first-order valence-electron chi connectivity index (χ1n) is 7.43. The summed E-state index contributed by atoms with van der Waals surface area (Å²) in [4.78, 5) is 11.4. The van der Waals surface area contributed by atoms with Crippen LogP contribution in [-0.2, 0) is 11.3 Å². The molecule has 1 aromatic heterocycles. The van der Waals surface area contributed by atoms with Gasteiger partial charge in [-0.3, -0.25) is 0 Å². The fourth-order valence-corrected chi connectivity index (χ4v) is 3.35. The highest BCUT2D eigenvalue weighted by atomic mass is 35.5. The van der Waals surface area contributed by atoms with Crippen LogP contribution in [0.3, 0.4) is 0 Å². The maximum Gasteiger partial charge on any atom is 0.335 e. The van der Waals surface area contributed by atoms with E-state index in [1.807, 2.05) is 17.7 Å². The average molecular weight is 378 g/mol. The number of aliphatic carboxylic acids is 1. The van der Waals surface area contributed by atoms with E-state index in [2.05, 4.69) is 6.58 Å². The first-order valence-corrected chi connectivity index (χ1v) is 8.19. The molecule has 2 aromatic carbocycles. The molecule has 3 aromatic rings. The van der Waals surface area contributed by atoms with Crippen molar-refractivity contribution in [2.75, 3.05) is 0 Å². The molecule has 0 radical (unpaired) electrons. The number of hydrogen-bond acceptors (Lipinski definition) is 1. The van der Waals surface area contributed by atoms with E-state index >= 15 is 0 Å². The van der Waals surface area contributed by atoms with E-state index in [1.165, 1.54) is 12.1 Å². The van der Waals surface area contributed by atoms with Crippen LogP contribution in [0, 0.1) is 12.7 Å². The lowest BCUT2D eigenvalue weighted by molar-refractivity contribution is -0.130. The van der Waals surface area contributed by atoms with Crippen molar-refractivity contribution in [3.05, 3.63) is 75.7 Å². The Morgan fingerprint density at radius 3 is 2.64 bits per heavy atom. The highest BCUT2D eigenvalue weighted by Crippen LogP contribution is 2.31. The van der Waals surface area contributed by atoms with Crippen molar-refractivity contribution in [1.82, 2.24) is 4.57 Å². The van der Waals surface area contributed by atoms with Gasteiger partial charge in [0.15, 0.2) is 0 Å². The van der Waals surface area contributed by atoms with Crippen molar-refractivity contribution in [3.63, 3.8) is 0 Å². The Balaban J connectivity index is 2.22. The van der Waals surface area contributed by atoms with E-state index in [0.717, 1.165) is 11.1 Å². The molecule has 0 fully saturated rings. The van der Waals surface area contributed by atoms with E-state index in [4.69, 9.17) is 23.2 Å². The molecule has 0 aliphatic heterocycles. The van der Waals surface area contributed by atoms with E-state index in [0.29, 0.717) is 27.5 Å². The van der Waals surface area contributed by atoms with Gasteiger partial charge in [0.25, 0.3) is 0 Å². The summed E-state index contributed by atoms with van der Waals surface area (Å²) in [6.07, 6.45) is 1.84. The predicted octanol–water partition coefficient (Wildman–Crippen LogP) is 5.54. The highest BCUT2D eigenvalue weighted by molar-refractivity contribution is 6.35. The quantitative estimate of drug-likeness (QED) is 0.606. The number of aryl methyl sites for hydroxylation is 1. The van der Waals surface area contributed by atoms with Gasteiger partial charge in [-0.15, -0.1) is 0 Å². The molecule has 1 N–H and O–H groups in total. The summed E-state index contributed by atoms with van der Waals surface area (Å²) in [7, 11) is 0. The molecule has 0 saturated heterocycles. The summed E-state index contributed by atoms with van der Waals surface area (Å²) >= 11 is 12.2. The Kier molecular flexibility index (Phi) is 4.58. The Labute approximate surface area is 153 Å². The standard InChI is InChI=1S/C19H14Cl2FNO2/c1-10-8-23(9-12-3-4-13(20)5-17(12)21)18-15(10)6-14(22)7-16(18)11(2)19(24)25/h3-8H,2,9H2,1H3,(H,24,25). The van der Waals surface area contributed by atoms with E-state index in [9.17, 15) is 14.3 Å². The lowest BCUT2D eigenvalue weighted by atomic mass is 10.0. The topological polar surface area (TPSA) is 42.2 Å². The number of fused-ring (bicyclic) bond motifs is 1. The maximum atomic E-state index is 14.0. The maximum absolute atomic E-state index is 14.0. The second-order valence-electron chi connectivity index (χ2n) is 5.81. The molecule has 0 aliphatic carbocycles. The van der Waals surface area contributed by atoms with Gasteiger partial charge in [-0.25, -0.2) is 9.18 Å².